The van der Waals surface area contributed by atoms with Crippen molar-refractivity contribution in [2.24, 2.45) is 17.1 Å². The molecule has 13 heavy (non-hydrogen) atoms. The molecule has 0 unspecified atom stereocenters. The summed E-state index contributed by atoms with van der Waals surface area (Å²) in [6, 6.07) is 0. The molecule has 5 heteroatoms. The third kappa shape index (κ3) is 5.54. The van der Waals surface area contributed by atoms with Crippen LogP contribution in [0.1, 0.15) is 27.7 Å². The van der Waals surface area contributed by atoms with E-state index in [2.05, 4.69) is 10.2 Å². The Labute approximate surface area is 79.3 Å². The second kappa shape index (κ2) is 5.14. The molecule has 0 aliphatic rings. The normalized spacial score (nSPS) is 12.2. The van der Waals surface area contributed by atoms with Gasteiger partial charge in [-0.1, -0.05) is 27.7 Å². The summed E-state index contributed by atoms with van der Waals surface area (Å²) in [7, 11) is 0. The highest BCUT2D eigenvalue weighted by molar-refractivity contribution is 4.46. The fourth-order valence-corrected chi connectivity index (χ4v) is 1.33. The predicted molar refractivity (Wildman–Crippen MR) is 49.3 cm³/mol. The van der Waals surface area contributed by atoms with E-state index in [1.165, 1.54) is 0 Å². The first-order chi connectivity index (χ1) is 5.89. The summed E-state index contributed by atoms with van der Waals surface area (Å²) in [5.74, 6) is 0.469. The summed E-state index contributed by atoms with van der Waals surface area (Å²) >= 11 is 0. The molecule has 0 aromatic heterocycles. The van der Waals surface area contributed by atoms with Crippen molar-refractivity contribution in [3.63, 3.8) is 0 Å². The molecule has 0 radical (unpaired) electrons. The Bertz CT molecular complexity index is 149. The maximum Gasteiger partial charge on any atom is 0.122 e. The average Bonchev–Trinajstić information content (AvgIpc) is 1.81. The highest BCUT2D eigenvalue weighted by Gasteiger charge is 2.23. The van der Waals surface area contributed by atoms with E-state index < -0.39 is 4.81 Å². The summed E-state index contributed by atoms with van der Waals surface area (Å²) in [4.78, 5) is 3.68. The Balaban J connectivity index is 4.23. The third-order valence-electron chi connectivity index (χ3n) is 1.48. The number of nitrogens with zero attached hydrogens (tertiary/aromatic N) is 2. The van der Waals surface area contributed by atoms with Gasteiger partial charge in [0.2, 0.25) is 0 Å². The summed E-state index contributed by atoms with van der Waals surface area (Å²) in [5, 5.41) is 14.5. The first-order valence-corrected chi connectivity index (χ1v) is 4.53. The predicted octanol–water partition coefficient (Wildman–Crippen LogP) is 2.49. The first kappa shape index (κ1) is 12.3. The van der Waals surface area contributed by atoms with Gasteiger partial charge in [-0.05, 0) is 0 Å². The lowest BCUT2D eigenvalue weighted by Crippen LogP contribution is -2.45. The van der Waals surface area contributed by atoms with Crippen molar-refractivity contribution in [3.05, 3.63) is 5.21 Å². The van der Waals surface area contributed by atoms with Gasteiger partial charge in [0.25, 0.3) is 0 Å². The van der Waals surface area contributed by atoms with Crippen LogP contribution in [0.25, 0.3) is 0 Å². The van der Waals surface area contributed by atoms with E-state index in [0.717, 1.165) is 0 Å². The van der Waals surface area contributed by atoms with Crippen molar-refractivity contribution < 1.29 is 9.75 Å². The number of quaternary nitrogens is 1. The van der Waals surface area contributed by atoms with Crippen LogP contribution in [-0.4, -0.2) is 17.9 Å². The quantitative estimate of drug-likeness (QED) is 0.396. The van der Waals surface area contributed by atoms with E-state index >= 15 is 0 Å². The van der Waals surface area contributed by atoms with Gasteiger partial charge in [-0.2, -0.15) is 10.5 Å². The van der Waals surface area contributed by atoms with E-state index in [9.17, 15) is 5.21 Å². The molecule has 0 aliphatic carbocycles. The Morgan fingerprint density at radius 2 is 1.62 bits per heavy atom. The van der Waals surface area contributed by atoms with Gasteiger partial charge >= 0.3 is 0 Å². The first-order valence-electron chi connectivity index (χ1n) is 4.53. The maximum absolute atomic E-state index is 11.8. The molecule has 0 heterocycles. The number of hydroxylamine groups is 4. The number of hydrogen-bond acceptors (Lipinski definition) is 4. The molecule has 78 valence electrons. The van der Waals surface area contributed by atoms with E-state index in [1.807, 2.05) is 27.7 Å². The van der Waals surface area contributed by atoms with Crippen LogP contribution in [0.3, 0.4) is 0 Å². The van der Waals surface area contributed by atoms with Crippen LogP contribution in [0.15, 0.2) is 5.28 Å². The zero-order valence-corrected chi connectivity index (χ0v) is 8.78. The van der Waals surface area contributed by atoms with Crippen LogP contribution in [0.4, 0.5) is 0 Å². The molecule has 0 amide bonds. The lowest BCUT2D eigenvalue weighted by atomic mass is 10.2. The summed E-state index contributed by atoms with van der Waals surface area (Å²) in [6.07, 6.45) is 0. The molecule has 0 aliphatic heterocycles. The van der Waals surface area contributed by atoms with Crippen molar-refractivity contribution >= 4 is 0 Å². The Morgan fingerprint density at radius 3 is 1.85 bits per heavy atom. The van der Waals surface area contributed by atoms with E-state index in [4.69, 9.17) is 5.53 Å². The highest BCUT2D eigenvalue weighted by atomic mass is 17.0. The number of hydrogen-bond donors (Lipinski definition) is 1. The van der Waals surface area contributed by atoms with Gasteiger partial charge in [0.15, 0.2) is 0 Å². The zero-order chi connectivity index (χ0) is 10.5. The van der Waals surface area contributed by atoms with Gasteiger partial charge in [-0.3, -0.25) is 0 Å². The molecule has 0 bridgehead atoms. The number of rotatable bonds is 6. The van der Waals surface area contributed by atoms with Gasteiger partial charge in [0.1, 0.15) is 13.1 Å². The number of nitrogens with one attached hydrogen (secondary N) is 1. The Kier molecular flexibility index (Phi) is 4.87. The minimum Gasteiger partial charge on any atom is -0.587 e. The molecule has 0 rings (SSSR count). The van der Waals surface area contributed by atoms with Crippen molar-refractivity contribution in [1.82, 2.24) is 0 Å². The third-order valence-corrected chi connectivity index (χ3v) is 1.48. The molecular formula is C8H19N3O2. The van der Waals surface area contributed by atoms with Gasteiger partial charge in [0, 0.05) is 11.8 Å². The van der Waals surface area contributed by atoms with Crippen LogP contribution in [0.2, 0.25) is 0 Å². The molecule has 0 atom stereocenters. The molecule has 0 saturated carbocycles. The summed E-state index contributed by atoms with van der Waals surface area (Å²) in [6.45, 7) is 8.44. The van der Waals surface area contributed by atoms with Crippen LogP contribution in [-0.2, 0) is 4.94 Å². The van der Waals surface area contributed by atoms with Crippen LogP contribution < -0.4 is 0 Å². The lowest BCUT2D eigenvalue weighted by Gasteiger charge is -2.37. The molecule has 0 saturated heterocycles. The van der Waals surface area contributed by atoms with Crippen molar-refractivity contribution in [2.75, 3.05) is 13.1 Å². The maximum atomic E-state index is 11.8. The minimum absolute atomic E-state index is 0.234. The molecule has 0 aromatic carbocycles. The molecule has 0 aromatic rings. The molecule has 0 fully saturated rings. The van der Waals surface area contributed by atoms with E-state index in [1.54, 1.807) is 0 Å². The molecule has 5 nitrogen and oxygen atoms in total. The van der Waals surface area contributed by atoms with Crippen molar-refractivity contribution in [1.29, 1.82) is 5.53 Å². The average molecular weight is 189 g/mol. The van der Waals surface area contributed by atoms with Gasteiger partial charge in [0.05, 0.1) is 5.28 Å². The lowest BCUT2D eigenvalue weighted by molar-refractivity contribution is -1.07. The van der Waals surface area contributed by atoms with Crippen LogP contribution in [0, 0.1) is 22.6 Å². The largest absolute Gasteiger partial charge is 0.587 e. The van der Waals surface area contributed by atoms with E-state index in [-0.39, 0.29) is 11.8 Å². The smallest absolute Gasteiger partial charge is 0.122 e. The minimum atomic E-state index is -0.848. The fourth-order valence-electron chi connectivity index (χ4n) is 1.33. The second-order valence-electron chi connectivity index (χ2n) is 4.14. The van der Waals surface area contributed by atoms with Crippen LogP contribution in [0.5, 0.6) is 0 Å². The molecular weight excluding hydrogens is 170 g/mol. The highest BCUT2D eigenvalue weighted by Crippen LogP contribution is 2.14. The second-order valence-corrected chi connectivity index (χ2v) is 4.14. The molecule has 1 N–H and O–H groups in total. The van der Waals surface area contributed by atoms with Crippen LogP contribution >= 0.6 is 0 Å². The standard InChI is InChI=1S/C8H19N3O2/c1-7(2)5-11(12,13-10-9)6-8(3)4/h7-9H,5-6H2,1-4H3. The monoisotopic (exact) mass is 189 g/mol. The summed E-state index contributed by atoms with van der Waals surface area (Å²) in [5.41, 5.74) is 6.53. The van der Waals surface area contributed by atoms with Gasteiger partial charge in [-0.25, -0.2) is 0 Å². The van der Waals surface area contributed by atoms with Crippen molar-refractivity contribution in [2.45, 2.75) is 27.7 Å². The topological polar surface area (TPSA) is 68.5 Å². The van der Waals surface area contributed by atoms with Gasteiger partial charge in [-0.15, -0.1) is 4.81 Å². The zero-order valence-electron chi connectivity index (χ0n) is 8.78. The summed E-state index contributed by atoms with van der Waals surface area (Å²) < 4.78 is 0. The van der Waals surface area contributed by atoms with Crippen molar-refractivity contribution in [3.8, 4) is 0 Å². The van der Waals surface area contributed by atoms with E-state index in [0.29, 0.717) is 13.1 Å². The Hall–Kier alpha value is -0.680. The molecule has 0 spiro atoms. The van der Waals surface area contributed by atoms with Gasteiger partial charge < -0.3 is 5.21 Å². The Morgan fingerprint density at radius 1 is 1.23 bits per heavy atom. The SMILES string of the molecule is CC(C)C[N+]([O-])(CC(C)C)ON=N. The fraction of sp³-hybridized carbons (Fsp3) is 1.00.